The summed E-state index contributed by atoms with van der Waals surface area (Å²) in [5.74, 6) is 0. The molecule has 0 bridgehead atoms. The van der Waals surface area contributed by atoms with Crippen molar-refractivity contribution in [3.63, 3.8) is 0 Å². The summed E-state index contributed by atoms with van der Waals surface area (Å²) in [6.07, 6.45) is 5.03. The van der Waals surface area contributed by atoms with Gasteiger partial charge in [0.2, 0.25) is 6.19 Å². The second-order valence-corrected chi connectivity index (χ2v) is 2.05. The molecule has 9 heavy (non-hydrogen) atoms. The summed E-state index contributed by atoms with van der Waals surface area (Å²) in [7, 11) is 0. The van der Waals surface area contributed by atoms with Crippen LogP contribution in [0.2, 0.25) is 0 Å². The zero-order chi connectivity index (χ0) is 7.11. The molecule has 2 nitrogen and oxygen atoms in total. The van der Waals surface area contributed by atoms with Crippen LogP contribution in [-0.4, -0.2) is 5.71 Å². The monoisotopic (exact) mass is 124 g/mol. The van der Waals surface area contributed by atoms with Crippen LogP contribution >= 0.6 is 0 Å². The fourth-order valence-electron chi connectivity index (χ4n) is 0.574. The number of nitrogens with zero attached hydrogens (tertiary/aromatic N) is 2. The third kappa shape index (κ3) is 5.02. The Hall–Kier alpha value is -0.840. The van der Waals surface area contributed by atoms with E-state index in [0.29, 0.717) is 0 Å². The average Bonchev–Trinajstić information content (AvgIpc) is 1.85. The second kappa shape index (κ2) is 5.30. The molecule has 0 rings (SSSR count). The van der Waals surface area contributed by atoms with Gasteiger partial charge in [-0.05, 0) is 19.8 Å². The van der Waals surface area contributed by atoms with E-state index in [9.17, 15) is 0 Å². The van der Waals surface area contributed by atoms with Crippen LogP contribution in [0.4, 0.5) is 0 Å². The summed E-state index contributed by atoms with van der Waals surface area (Å²) >= 11 is 0. The number of hydrogen-bond acceptors (Lipinski definition) is 2. The summed E-state index contributed by atoms with van der Waals surface area (Å²) in [4.78, 5) is 3.58. The Labute approximate surface area is 56.2 Å². The van der Waals surface area contributed by atoms with E-state index < -0.39 is 0 Å². The summed E-state index contributed by atoms with van der Waals surface area (Å²) in [5.41, 5.74) is 0.944. The van der Waals surface area contributed by atoms with Crippen LogP contribution in [0.3, 0.4) is 0 Å². The first-order chi connectivity index (χ1) is 4.31. The van der Waals surface area contributed by atoms with E-state index in [1.165, 1.54) is 0 Å². The quantitative estimate of drug-likeness (QED) is 0.419. The van der Waals surface area contributed by atoms with E-state index in [1.807, 2.05) is 6.92 Å². The number of nitriles is 1. The highest BCUT2D eigenvalue weighted by atomic mass is 14.7. The molecular formula is C7H12N2. The largest absolute Gasteiger partial charge is 0.205 e. The molecule has 0 aliphatic rings. The van der Waals surface area contributed by atoms with E-state index in [1.54, 1.807) is 6.19 Å². The van der Waals surface area contributed by atoms with Gasteiger partial charge in [0.25, 0.3) is 0 Å². The maximum atomic E-state index is 8.10. The molecule has 0 amide bonds. The van der Waals surface area contributed by atoms with Crippen molar-refractivity contribution in [1.82, 2.24) is 0 Å². The smallest absolute Gasteiger partial charge is 0.183 e. The van der Waals surface area contributed by atoms with Crippen molar-refractivity contribution in [1.29, 1.82) is 5.26 Å². The Balaban J connectivity index is 3.40. The van der Waals surface area contributed by atoms with Crippen LogP contribution in [0.15, 0.2) is 4.99 Å². The van der Waals surface area contributed by atoms with Gasteiger partial charge < -0.3 is 0 Å². The van der Waals surface area contributed by atoms with Crippen LogP contribution in [0.1, 0.15) is 33.1 Å². The first-order valence-corrected chi connectivity index (χ1v) is 3.23. The molecule has 0 aromatic heterocycles. The SMILES string of the molecule is CCCCC(C)=NC#N. The van der Waals surface area contributed by atoms with Crippen molar-refractivity contribution in [2.45, 2.75) is 33.1 Å². The van der Waals surface area contributed by atoms with Gasteiger partial charge in [0.1, 0.15) is 0 Å². The minimum absolute atomic E-state index is 0.944. The van der Waals surface area contributed by atoms with Gasteiger partial charge >= 0.3 is 0 Å². The predicted octanol–water partition coefficient (Wildman–Crippen LogP) is 2.12. The topological polar surface area (TPSA) is 36.1 Å². The Morgan fingerprint density at radius 3 is 2.78 bits per heavy atom. The standard InChI is InChI=1S/C7H12N2/c1-3-4-5-7(2)9-6-8/h3-5H2,1-2H3. The molecule has 0 aromatic rings. The molecule has 0 spiro atoms. The number of unbranched alkanes of at least 4 members (excludes halogenated alkanes) is 1. The van der Waals surface area contributed by atoms with Crippen LogP contribution in [0.5, 0.6) is 0 Å². The molecule has 0 aliphatic carbocycles. The van der Waals surface area contributed by atoms with E-state index in [2.05, 4.69) is 11.9 Å². The second-order valence-electron chi connectivity index (χ2n) is 2.05. The van der Waals surface area contributed by atoms with Gasteiger partial charge in [0.05, 0.1) is 0 Å². The van der Waals surface area contributed by atoms with E-state index in [4.69, 9.17) is 5.26 Å². The van der Waals surface area contributed by atoms with Gasteiger partial charge in [-0.2, -0.15) is 10.3 Å². The summed E-state index contributed by atoms with van der Waals surface area (Å²) in [5, 5.41) is 8.10. The van der Waals surface area contributed by atoms with Gasteiger partial charge in [-0.15, -0.1) is 0 Å². The number of aliphatic imine (C=N–C) groups is 1. The van der Waals surface area contributed by atoms with Crippen LogP contribution in [0.25, 0.3) is 0 Å². The zero-order valence-electron chi connectivity index (χ0n) is 6.02. The van der Waals surface area contributed by atoms with Gasteiger partial charge in [0, 0.05) is 5.71 Å². The molecule has 0 atom stereocenters. The molecule has 0 aliphatic heterocycles. The molecule has 0 unspecified atom stereocenters. The molecule has 0 saturated heterocycles. The summed E-state index contributed by atoms with van der Waals surface area (Å²) in [6, 6.07) is 0. The molecular weight excluding hydrogens is 112 g/mol. The highest BCUT2D eigenvalue weighted by Gasteiger charge is 1.87. The lowest BCUT2D eigenvalue weighted by Gasteiger charge is -1.91. The Morgan fingerprint density at radius 1 is 1.67 bits per heavy atom. The van der Waals surface area contributed by atoms with Crippen molar-refractivity contribution in [2.24, 2.45) is 4.99 Å². The Morgan fingerprint density at radius 2 is 2.33 bits per heavy atom. The van der Waals surface area contributed by atoms with E-state index >= 15 is 0 Å². The third-order valence-corrected chi connectivity index (χ3v) is 1.13. The summed E-state index contributed by atoms with van der Waals surface area (Å²) in [6.45, 7) is 4.01. The Bertz CT molecular complexity index is 130. The van der Waals surface area contributed by atoms with Crippen molar-refractivity contribution >= 4 is 5.71 Å². The molecule has 0 heterocycles. The minimum atomic E-state index is 0.944. The number of hydrogen-bond donors (Lipinski definition) is 0. The fraction of sp³-hybridized carbons (Fsp3) is 0.714. The van der Waals surface area contributed by atoms with Crippen LogP contribution in [-0.2, 0) is 0 Å². The highest BCUT2D eigenvalue weighted by Crippen LogP contribution is 1.95. The molecule has 0 aromatic carbocycles. The molecule has 2 heteroatoms. The minimum Gasteiger partial charge on any atom is -0.183 e. The van der Waals surface area contributed by atoms with Gasteiger partial charge in [-0.3, -0.25) is 0 Å². The summed E-state index contributed by atoms with van der Waals surface area (Å²) < 4.78 is 0. The van der Waals surface area contributed by atoms with Crippen LogP contribution < -0.4 is 0 Å². The molecule has 0 fully saturated rings. The molecule has 0 radical (unpaired) electrons. The lowest BCUT2D eigenvalue weighted by molar-refractivity contribution is 0.833. The van der Waals surface area contributed by atoms with E-state index in [0.717, 1.165) is 25.0 Å². The number of rotatable bonds is 3. The van der Waals surface area contributed by atoms with Crippen molar-refractivity contribution < 1.29 is 0 Å². The lowest BCUT2D eigenvalue weighted by Crippen LogP contribution is -1.88. The van der Waals surface area contributed by atoms with Crippen molar-refractivity contribution in [3.8, 4) is 6.19 Å². The van der Waals surface area contributed by atoms with E-state index in [-0.39, 0.29) is 0 Å². The highest BCUT2D eigenvalue weighted by molar-refractivity contribution is 5.82. The average molecular weight is 124 g/mol. The predicted molar refractivity (Wildman–Crippen MR) is 38.2 cm³/mol. The first-order valence-electron chi connectivity index (χ1n) is 3.23. The molecule has 50 valence electrons. The normalized spacial score (nSPS) is 11.0. The molecule has 0 N–H and O–H groups in total. The third-order valence-electron chi connectivity index (χ3n) is 1.13. The van der Waals surface area contributed by atoms with Gasteiger partial charge in [0.15, 0.2) is 0 Å². The van der Waals surface area contributed by atoms with Crippen molar-refractivity contribution in [2.75, 3.05) is 0 Å². The first kappa shape index (κ1) is 8.16. The maximum absolute atomic E-state index is 8.10. The zero-order valence-corrected chi connectivity index (χ0v) is 6.02. The van der Waals surface area contributed by atoms with Gasteiger partial charge in [-0.25, -0.2) is 0 Å². The maximum Gasteiger partial charge on any atom is 0.205 e. The van der Waals surface area contributed by atoms with Crippen molar-refractivity contribution in [3.05, 3.63) is 0 Å². The Kier molecular flexibility index (Phi) is 4.81. The lowest BCUT2D eigenvalue weighted by atomic mass is 10.2. The fourth-order valence-corrected chi connectivity index (χ4v) is 0.574. The van der Waals surface area contributed by atoms with Crippen LogP contribution in [0, 0.1) is 11.5 Å². The van der Waals surface area contributed by atoms with Gasteiger partial charge in [-0.1, -0.05) is 13.3 Å². The molecule has 0 saturated carbocycles.